The summed E-state index contributed by atoms with van der Waals surface area (Å²) in [4.78, 5) is 20.5. The molecular formula is C27H33N3O2. The maximum absolute atomic E-state index is 12.6. The summed E-state index contributed by atoms with van der Waals surface area (Å²) in [6.07, 6.45) is 2.73. The molecule has 1 aromatic heterocycles. The Labute approximate surface area is 190 Å². The van der Waals surface area contributed by atoms with Gasteiger partial charge in [0.1, 0.15) is 0 Å². The molecule has 0 fully saturated rings. The van der Waals surface area contributed by atoms with Crippen LogP contribution in [0.1, 0.15) is 68.1 Å². The van der Waals surface area contributed by atoms with Crippen molar-refractivity contribution >= 4 is 22.5 Å². The summed E-state index contributed by atoms with van der Waals surface area (Å²) < 4.78 is 0. The highest BCUT2D eigenvalue weighted by Gasteiger charge is 2.32. The molecule has 0 aliphatic carbocycles. The normalized spacial score (nSPS) is 21.6. The quantitative estimate of drug-likeness (QED) is 0.604. The molecule has 5 nitrogen and oxygen atoms in total. The second kappa shape index (κ2) is 8.38. The number of aliphatic hydroxyl groups is 1. The number of carbonyl (C=O) groups excluding carboxylic acids is 1. The van der Waals surface area contributed by atoms with Crippen molar-refractivity contribution in [1.29, 1.82) is 0 Å². The first-order valence-electron chi connectivity index (χ1n) is 11.9. The van der Waals surface area contributed by atoms with Gasteiger partial charge >= 0.3 is 0 Å². The number of H-pyrrole nitrogens is 1. The van der Waals surface area contributed by atoms with Gasteiger partial charge in [0.05, 0.1) is 6.10 Å². The highest BCUT2D eigenvalue weighted by atomic mass is 16.3. The predicted molar refractivity (Wildman–Crippen MR) is 129 cm³/mol. The fraction of sp³-hybridized carbons (Fsp3) is 0.444. The van der Waals surface area contributed by atoms with E-state index in [4.69, 9.17) is 0 Å². The second-order valence-electron chi connectivity index (χ2n) is 9.45. The number of nitrogens with one attached hydrogen (secondary N) is 1. The van der Waals surface area contributed by atoms with Crippen LogP contribution in [0, 0.1) is 0 Å². The number of fused-ring (bicyclic) bond motifs is 4. The molecule has 0 radical (unpaired) electrons. The standard InChI is InChI=1S/C27H33N3O2/c1-4-7-26(32)30-17(2)14-20-15-19(10-11-24(20)30)25(31)16-29-13-12-22-21-8-5-6-9-23(21)28-27(22)18(29)3/h5-6,8-11,15,17-18,25,28,31H,4,7,12-14,16H2,1-3H3. The van der Waals surface area contributed by atoms with Gasteiger partial charge < -0.3 is 15.0 Å². The van der Waals surface area contributed by atoms with Crippen LogP contribution >= 0.6 is 0 Å². The molecule has 168 valence electrons. The van der Waals surface area contributed by atoms with Crippen molar-refractivity contribution in [2.45, 2.75) is 64.6 Å². The summed E-state index contributed by atoms with van der Waals surface area (Å²) >= 11 is 0. The van der Waals surface area contributed by atoms with E-state index in [2.05, 4.69) is 54.1 Å². The number of aromatic amines is 1. The van der Waals surface area contributed by atoms with E-state index < -0.39 is 6.10 Å². The molecule has 3 atom stereocenters. The third kappa shape index (κ3) is 3.54. The Balaban J connectivity index is 1.33. The van der Waals surface area contributed by atoms with E-state index in [1.165, 1.54) is 27.7 Å². The first-order valence-corrected chi connectivity index (χ1v) is 11.9. The summed E-state index contributed by atoms with van der Waals surface area (Å²) in [7, 11) is 0. The number of para-hydroxylation sites is 1. The molecule has 3 unspecified atom stereocenters. The van der Waals surface area contributed by atoms with E-state index in [-0.39, 0.29) is 18.0 Å². The summed E-state index contributed by atoms with van der Waals surface area (Å²) in [5, 5.41) is 12.4. The van der Waals surface area contributed by atoms with Crippen LogP contribution < -0.4 is 4.90 Å². The van der Waals surface area contributed by atoms with Crippen LogP contribution in [0.25, 0.3) is 10.9 Å². The summed E-state index contributed by atoms with van der Waals surface area (Å²) in [6.45, 7) is 7.91. The molecule has 0 spiro atoms. The van der Waals surface area contributed by atoms with Crippen LogP contribution in [0.2, 0.25) is 0 Å². The van der Waals surface area contributed by atoms with Crippen molar-refractivity contribution in [3.8, 4) is 0 Å². The maximum Gasteiger partial charge on any atom is 0.227 e. The lowest BCUT2D eigenvalue weighted by molar-refractivity contribution is -0.118. The lowest BCUT2D eigenvalue weighted by atomic mass is 9.97. The minimum Gasteiger partial charge on any atom is -0.387 e. The van der Waals surface area contributed by atoms with Crippen molar-refractivity contribution in [3.05, 3.63) is 64.8 Å². The number of anilines is 1. The topological polar surface area (TPSA) is 59.6 Å². The molecule has 1 amide bonds. The number of hydrogen-bond acceptors (Lipinski definition) is 3. The number of rotatable bonds is 5. The van der Waals surface area contributed by atoms with Crippen molar-refractivity contribution in [2.75, 3.05) is 18.0 Å². The number of benzene rings is 2. The van der Waals surface area contributed by atoms with Crippen LogP contribution in [-0.2, 0) is 17.6 Å². The Morgan fingerprint density at radius 1 is 1.22 bits per heavy atom. The van der Waals surface area contributed by atoms with Gasteiger partial charge in [-0.2, -0.15) is 0 Å². The second-order valence-corrected chi connectivity index (χ2v) is 9.45. The van der Waals surface area contributed by atoms with E-state index in [0.717, 1.165) is 37.1 Å². The minimum atomic E-state index is -0.552. The lowest BCUT2D eigenvalue weighted by Crippen LogP contribution is -2.37. The van der Waals surface area contributed by atoms with Crippen molar-refractivity contribution in [2.24, 2.45) is 0 Å². The van der Waals surface area contributed by atoms with Gasteiger partial charge in [-0.05, 0) is 61.9 Å². The molecule has 2 aliphatic rings. The smallest absolute Gasteiger partial charge is 0.227 e. The van der Waals surface area contributed by atoms with Crippen LogP contribution in [-0.4, -0.2) is 40.0 Å². The minimum absolute atomic E-state index is 0.180. The molecule has 0 bridgehead atoms. The average Bonchev–Trinajstić information content (AvgIpc) is 3.32. The Kier molecular flexibility index (Phi) is 5.56. The molecule has 0 saturated heterocycles. The molecule has 32 heavy (non-hydrogen) atoms. The zero-order valence-corrected chi connectivity index (χ0v) is 19.3. The fourth-order valence-electron chi connectivity index (χ4n) is 5.63. The number of nitrogens with zero attached hydrogens (tertiary/aromatic N) is 2. The van der Waals surface area contributed by atoms with Crippen LogP contribution in [0.4, 0.5) is 5.69 Å². The van der Waals surface area contributed by atoms with E-state index >= 15 is 0 Å². The SMILES string of the molecule is CCCC(=O)N1c2ccc(C(O)CN3CCc4c([nH]c5ccccc45)C3C)cc2CC1C. The summed E-state index contributed by atoms with van der Waals surface area (Å²) in [6, 6.07) is 15.1. The van der Waals surface area contributed by atoms with Gasteiger partial charge in [0.2, 0.25) is 5.91 Å². The number of β-amino-alcohol motifs (C(OH)–C–C–N with tert-alkyl or cyclic N) is 1. The lowest BCUT2D eigenvalue weighted by Gasteiger charge is -2.35. The maximum atomic E-state index is 12.6. The molecule has 3 aromatic rings. The summed E-state index contributed by atoms with van der Waals surface area (Å²) in [5.41, 5.74) is 7.01. The monoisotopic (exact) mass is 431 g/mol. The van der Waals surface area contributed by atoms with Gasteiger partial charge in [0.15, 0.2) is 0 Å². The number of amides is 1. The molecule has 2 N–H and O–H groups in total. The third-order valence-electron chi connectivity index (χ3n) is 7.31. The molecule has 3 heterocycles. The summed E-state index contributed by atoms with van der Waals surface area (Å²) in [5.74, 6) is 0.198. The number of aromatic nitrogens is 1. The Morgan fingerprint density at radius 3 is 2.84 bits per heavy atom. The van der Waals surface area contributed by atoms with E-state index in [0.29, 0.717) is 13.0 Å². The van der Waals surface area contributed by atoms with Crippen molar-refractivity contribution < 1.29 is 9.90 Å². The largest absolute Gasteiger partial charge is 0.387 e. The van der Waals surface area contributed by atoms with Gasteiger partial charge in [0.25, 0.3) is 0 Å². The Hall–Kier alpha value is -2.63. The third-order valence-corrected chi connectivity index (χ3v) is 7.31. The van der Waals surface area contributed by atoms with E-state index in [1.807, 2.05) is 24.0 Å². The van der Waals surface area contributed by atoms with Crippen molar-refractivity contribution in [3.63, 3.8) is 0 Å². The first kappa shape index (κ1) is 21.2. The first-order chi connectivity index (χ1) is 15.5. The fourth-order valence-corrected chi connectivity index (χ4v) is 5.63. The predicted octanol–water partition coefficient (Wildman–Crippen LogP) is 4.90. The Morgan fingerprint density at radius 2 is 2.03 bits per heavy atom. The van der Waals surface area contributed by atoms with Gasteiger partial charge in [-0.3, -0.25) is 9.69 Å². The molecular weight excluding hydrogens is 398 g/mol. The highest BCUT2D eigenvalue weighted by molar-refractivity contribution is 5.96. The van der Waals surface area contributed by atoms with E-state index in [1.54, 1.807) is 0 Å². The molecule has 2 aliphatic heterocycles. The average molecular weight is 432 g/mol. The van der Waals surface area contributed by atoms with Crippen LogP contribution in [0.15, 0.2) is 42.5 Å². The number of hydrogen-bond donors (Lipinski definition) is 2. The van der Waals surface area contributed by atoms with Gasteiger partial charge in [-0.1, -0.05) is 37.3 Å². The zero-order chi connectivity index (χ0) is 22.4. The molecule has 0 saturated carbocycles. The molecule has 5 rings (SSSR count). The van der Waals surface area contributed by atoms with Crippen LogP contribution in [0.5, 0.6) is 0 Å². The molecule has 5 heteroatoms. The zero-order valence-electron chi connectivity index (χ0n) is 19.3. The van der Waals surface area contributed by atoms with Gasteiger partial charge in [-0.25, -0.2) is 0 Å². The van der Waals surface area contributed by atoms with E-state index in [9.17, 15) is 9.90 Å². The van der Waals surface area contributed by atoms with Crippen LogP contribution in [0.3, 0.4) is 0 Å². The van der Waals surface area contributed by atoms with Gasteiger partial charge in [-0.15, -0.1) is 0 Å². The highest BCUT2D eigenvalue weighted by Crippen LogP contribution is 2.37. The van der Waals surface area contributed by atoms with Gasteiger partial charge in [0, 0.05) is 53.9 Å². The molecule has 2 aromatic carbocycles. The van der Waals surface area contributed by atoms with Crippen molar-refractivity contribution in [1.82, 2.24) is 9.88 Å². The number of carbonyl (C=O) groups is 1. The Bertz CT molecular complexity index is 1150. The number of aliphatic hydroxyl groups excluding tert-OH is 1.